The van der Waals surface area contributed by atoms with Gasteiger partial charge in [-0.25, -0.2) is 9.79 Å². The van der Waals surface area contributed by atoms with E-state index in [1.165, 1.54) is 11.3 Å². The standard InChI is InChI=1S/C32H32N2O5S/c1-6-38-31(36)27-20(4)33-32-34(29(27)28-24-10-8-7-9-22(24)13-16-25(28)37-5)30(35)26(40-32)17-21-11-14-23(15-12-21)39-18-19(2)3/h7-17,19,29H,6,18H2,1-5H3/b26-17+/t29-/m0/s1. The van der Waals surface area contributed by atoms with Crippen molar-refractivity contribution in [2.75, 3.05) is 20.3 Å². The molecule has 1 atom stereocenters. The Bertz CT molecular complexity index is 1780. The van der Waals surface area contributed by atoms with Crippen molar-refractivity contribution >= 4 is 34.2 Å². The van der Waals surface area contributed by atoms with E-state index in [0.717, 1.165) is 27.6 Å². The highest BCUT2D eigenvalue weighted by atomic mass is 32.1. The molecule has 0 spiro atoms. The van der Waals surface area contributed by atoms with Crippen LogP contribution in [0.15, 0.2) is 81.7 Å². The fourth-order valence-corrected chi connectivity index (χ4v) is 5.92. The van der Waals surface area contributed by atoms with E-state index in [-0.39, 0.29) is 12.2 Å². The number of rotatable bonds is 8. The quantitative estimate of drug-likeness (QED) is 0.286. The van der Waals surface area contributed by atoms with Crippen LogP contribution < -0.4 is 24.4 Å². The molecule has 7 nitrogen and oxygen atoms in total. The Hall–Kier alpha value is -4.17. The monoisotopic (exact) mass is 556 g/mol. The maximum Gasteiger partial charge on any atom is 0.338 e. The summed E-state index contributed by atoms with van der Waals surface area (Å²) in [5, 5.41) is 1.85. The largest absolute Gasteiger partial charge is 0.496 e. The minimum atomic E-state index is -0.773. The third-order valence-electron chi connectivity index (χ3n) is 6.70. The SMILES string of the molecule is CCOC(=O)C1=C(C)N=c2s/c(=C/c3ccc(OCC(C)C)cc3)c(=O)n2[C@@H]1c1c(OC)ccc2ccccc12. The molecule has 40 heavy (non-hydrogen) atoms. The molecule has 2 heterocycles. The van der Waals surface area contributed by atoms with E-state index in [9.17, 15) is 9.59 Å². The summed E-state index contributed by atoms with van der Waals surface area (Å²) in [5.41, 5.74) is 2.18. The summed E-state index contributed by atoms with van der Waals surface area (Å²) < 4.78 is 19.2. The molecule has 0 aliphatic carbocycles. The summed E-state index contributed by atoms with van der Waals surface area (Å²) in [5.74, 6) is 1.28. The number of esters is 1. The smallest absolute Gasteiger partial charge is 0.338 e. The van der Waals surface area contributed by atoms with E-state index in [1.54, 1.807) is 25.5 Å². The van der Waals surface area contributed by atoms with E-state index in [2.05, 4.69) is 13.8 Å². The first-order valence-electron chi connectivity index (χ1n) is 13.3. The molecule has 0 N–H and O–H groups in total. The van der Waals surface area contributed by atoms with Gasteiger partial charge in [0, 0.05) is 5.56 Å². The number of thiazole rings is 1. The van der Waals surface area contributed by atoms with Crippen molar-refractivity contribution in [2.45, 2.75) is 33.7 Å². The highest BCUT2D eigenvalue weighted by Crippen LogP contribution is 2.40. The van der Waals surface area contributed by atoms with Gasteiger partial charge in [0.25, 0.3) is 5.56 Å². The zero-order valence-electron chi connectivity index (χ0n) is 23.3. The Morgan fingerprint density at radius 2 is 1.85 bits per heavy atom. The van der Waals surface area contributed by atoms with Gasteiger partial charge >= 0.3 is 5.97 Å². The Labute approximate surface area is 236 Å². The minimum absolute atomic E-state index is 0.205. The second kappa shape index (κ2) is 11.5. The van der Waals surface area contributed by atoms with Crippen molar-refractivity contribution in [2.24, 2.45) is 10.9 Å². The van der Waals surface area contributed by atoms with Gasteiger partial charge in [-0.3, -0.25) is 9.36 Å². The Kier molecular flexibility index (Phi) is 7.89. The Morgan fingerprint density at radius 3 is 2.55 bits per heavy atom. The van der Waals surface area contributed by atoms with Crippen LogP contribution in [0.1, 0.15) is 44.9 Å². The number of allylic oxidation sites excluding steroid dienone is 1. The number of nitrogens with zero attached hydrogens (tertiary/aromatic N) is 2. The average Bonchev–Trinajstić information content (AvgIpc) is 3.25. The number of aromatic nitrogens is 1. The lowest BCUT2D eigenvalue weighted by atomic mass is 9.90. The highest BCUT2D eigenvalue weighted by molar-refractivity contribution is 7.07. The molecule has 1 aliphatic rings. The topological polar surface area (TPSA) is 79.1 Å². The van der Waals surface area contributed by atoms with Crippen molar-refractivity contribution < 1.29 is 19.0 Å². The number of methoxy groups -OCH3 is 1. The van der Waals surface area contributed by atoms with Crippen LogP contribution in [0, 0.1) is 5.92 Å². The molecule has 0 saturated heterocycles. The average molecular weight is 557 g/mol. The lowest BCUT2D eigenvalue weighted by Gasteiger charge is -2.27. The van der Waals surface area contributed by atoms with Crippen LogP contribution in [-0.4, -0.2) is 30.9 Å². The summed E-state index contributed by atoms with van der Waals surface area (Å²) in [7, 11) is 1.59. The summed E-state index contributed by atoms with van der Waals surface area (Å²) >= 11 is 1.29. The number of carbonyl (C=O) groups excluding carboxylic acids is 1. The zero-order chi connectivity index (χ0) is 28.4. The third-order valence-corrected chi connectivity index (χ3v) is 7.69. The zero-order valence-corrected chi connectivity index (χ0v) is 24.1. The fraction of sp³-hybridized carbons (Fsp3) is 0.281. The van der Waals surface area contributed by atoms with Gasteiger partial charge in [-0.05, 0) is 60.4 Å². The van der Waals surface area contributed by atoms with Gasteiger partial charge in [0.2, 0.25) is 0 Å². The number of hydrogen-bond donors (Lipinski definition) is 0. The van der Waals surface area contributed by atoms with E-state index in [0.29, 0.717) is 38.9 Å². The minimum Gasteiger partial charge on any atom is -0.496 e. The molecule has 3 aromatic carbocycles. The fourth-order valence-electron chi connectivity index (χ4n) is 4.87. The normalized spacial score (nSPS) is 15.2. The molecule has 206 valence electrons. The van der Waals surface area contributed by atoms with Crippen molar-refractivity contribution in [1.29, 1.82) is 0 Å². The number of fused-ring (bicyclic) bond motifs is 2. The summed E-state index contributed by atoms with van der Waals surface area (Å²) in [6, 6.07) is 18.6. The molecule has 0 saturated carbocycles. The molecule has 0 fully saturated rings. The predicted molar refractivity (Wildman–Crippen MR) is 158 cm³/mol. The van der Waals surface area contributed by atoms with E-state index < -0.39 is 12.0 Å². The van der Waals surface area contributed by atoms with Gasteiger partial charge in [0.15, 0.2) is 4.80 Å². The molecule has 1 aliphatic heterocycles. The van der Waals surface area contributed by atoms with Gasteiger partial charge in [-0.2, -0.15) is 0 Å². The van der Waals surface area contributed by atoms with Crippen LogP contribution in [0.3, 0.4) is 0 Å². The van der Waals surface area contributed by atoms with Gasteiger partial charge in [0.1, 0.15) is 17.5 Å². The Balaban J connectivity index is 1.71. The second-order valence-electron chi connectivity index (χ2n) is 9.98. The number of carbonyl (C=O) groups is 1. The molecule has 5 rings (SSSR count). The van der Waals surface area contributed by atoms with Crippen molar-refractivity contribution in [3.05, 3.63) is 103 Å². The van der Waals surface area contributed by atoms with Crippen LogP contribution in [0.4, 0.5) is 0 Å². The lowest BCUT2D eigenvalue weighted by molar-refractivity contribution is -0.139. The van der Waals surface area contributed by atoms with Gasteiger partial charge in [0.05, 0.1) is 36.1 Å². The van der Waals surface area contributed by atoms with Crippen LogP contribution in [0.25, 0.3) is 16.8 Å². The van der Waals surface area contributed by atoms with E-state index >= 15 is 0 Å². The van der Waals surface area contributed by atoms with Crippen LogP contribution in [0.5, 0.6) is 11.5 Å². The predicted octanol–water partition coefficient (Wildman–Crippen LogP) is 4.99. The van der Waals surface area contributed by atoms with Gasteiger partial charge < -0.3 is 14.2 Å². The molecule has 8 heteroatoms. The molecular weight excluding hydrogens is 524 g/mol. The maximum absolute atomic E-state index is 14.1. The maximum atomic E-state index is 14.1. The molecule has 0 unspecified atom stereocenters. The summed E-state index contributed by atoms with van der Waals surface area (Å²) in [6.07, 6.45) is 1.84. The second-order valence-corrected chi connectivity index (χ2v) is 11.0. The highest BCUT2D eigenvalue weighted by Gasteiger charge is 2.36. The Morgan fingerprint density at radius 1 is 1.10 bits per heavy atom. The summed E-state index contributed by atoms with van der Waals surface area (Å²) in [6.45, 7) is 8.59. The molecule has 4 aromatic rings. The van der Waals surface area contributed by atoms with Crippen LogP contribution in [0.2, 0.25) is 0 Å². The van der Waals surface area contributed by atoms with Crippen molar-refractivity contribution in [3.8, 4) is 11.5 Å². The first-order chi connectivity index (χ1) is 19.3. The van der Waals surface area contributed by atoms with Crippen molar-refractivity contribution in [3.63, 3.8) is 0 Å². The molecule has 1 aromatic heterocycles. The van der Waals surface area contributed by atoms with E-state index in [1.807, 2.05) is 66.7 Å². The molecule has 0 bridgehead atoms. The van der Waals surface area contributed by atoms with Crippen molar-refractivity contribution in [1.82, 2.24) is 4.57 Å². The number of hydrogen-bond acceptors (Lipinski definition) is 7. The number of benzene rings is 3. The molecule has 0 radical (unpaired) electrons. The first-order valence-corrected chi connectivity index (χ1v) is 14.1. The summed E-state index contributed by atoms with van der Waals surface area (Å²) in [4.78, 5) is 32.6. The van der Waals surface area contributed by atoms with Crippen LogP contribution >= 0.6 is 11.3 Å². The first kappa shape index (κ1) is 27.4. The molecular formula is C32H32N2O5S. The third kappa shape index (κ3) is 5.19. The van der Waals surface area contributed by atoms with E-state index in [4.69, 9.17) is 19.2 Å². The van der Waals surface area contributed by atoms with Crippen LogP contribution in [-0.2, 0) is 9.53 Å². The molecule has 0 amide bonds. The van der Waals surface area contributed by atoms with Gasteiger partial charge in [-0.15, -0.1) is 0 Å². The number of ether oxygens (including phenoxy) is 3. The lowest BCUT2D eigenvalue weighted by Crippen LogP contribution is -2.40. The van der Waals surface area contributed by atoms with Gasteiger partial charge in [-0.1, -0.05) is 67.6 Å².